The molecular weight excluding hydrogens is 284 g/mol. The molecular formula is C16H18N2O2S. The Kier molecular flexibility index (Phi) is 3.53. The maximum absolute atomic E-state index is 5.84. The van der Waals surface area contributed by atoms with Crippen LogP contribution in [0.4, 0.5) is 0 Å². The summed E-state index contributed by atoms with van der Waals surface area (Å²) in [4.78, 5) is 6.61. The van der Waals surface area contributed by atoms with Crippen LogP contribution in [0.3, 0.4) is 0 Å². The van der Waals surface area contributed by atoms with Crippen LogP contribution in [0.5, 0.6) is 16.7 Å². The van der Waals surface area contributed by atoms with Crippen LogP contribution in [0.25, 0.3) is 0 Å². The Balaban J connectivity index is 1.24. The van der Waals surface area contributed by atoms with E-state index in [1.54, 1.807) is 6.20 Å². The van der Waals surface area contributed by atoms with E-state index in [0.717, 1.165) is 24.0 Å². The summed E-state index contributed by atoms with van der Waals surface area (Å²) in [5.74, 6) is 2.66. The normalized spacial score (nSPS) is 23.8. The molecule has 1 aliphatic heterocycles. The molecule has 0 N–H and O–H groups in total. The second-order valence-corrected chi connectivity index (χ2v) is 6.59. The van der Waals surface area contributed by atoms with Gasteiger partial charge in [-0.05, 0) is 43.0 Å². The molecule has 1 aromatic carbocycles. The maximum atomic E-state index is 5.84. The van der Waals surface area contributed by atoms with Crippen LogP contribution in [-0.2, 0) is 0 Å². The van der Waals surface area contributed by atoms with Crippen molar-refractivity contribution < 1.29 is 9.47 Å². The van der Waals surface area contributed by atoms with E-state index in [2.05, 4.69) is 9.88 Å². The zero-order valence-corrected chi connectivity index (χ0v) is 12.6. The number of ether oxygens (including phenoxy) is 2. The van der Waals surface area contributed by atoms with Gasteiger partial charge in [0.25, 0.3) is 5.19 Å². The van der Waals surface area contributed by atoms with Crippen molar-refractivity contribution in [2.75, 3.05) is 19.7 Å². The van der Waals surface area contributed by atoms with Crippen LogP contribution in [0.15, 0.2) is 35.8 Å². The molecule has 21 heavy (non-hydrogen) atoms. The first kappa shape index (κ1) is 13.1. The van der Waals surface area contributed by atoms with Gasteiger partial charge in [-0.2, -0.15) is 0 Å². The van der Waals surface area contributed by atoms with Gasteiger partial charge in [0.05, 0.1) is 6.04 Å². The van der Waals surface area contributed by atoms with Crippen LogP contribution >= 0.6 is 11.3 Å². The van der Waals surface area contributed by atoms with Crippen molar-refractivity contribution in [3.63, 3.8) is 0 Å². The van der Waals surface area contributed by atoms with E-state index < -0.39 is 0 Å². The molecule has 0 bridgehead atoms. The summed E-state index contributed by atoms with van der Waals surface area (Å²) in [7, 11) is 0. The third kappa shape index (κ3) is 3.54. The summed E-state index contributed by atoms with van der Waals surface area (Å²) in [5.41, 5.74) is 0. The Morgan fingerprint density at radius 3 is 2.71 bits per heavy atom. The molecule has 2 aliphatic rings. The van der Waals surface area contributed by atoms with Gasteiger partial charge in [-0.1, -0.05) is 11.3 Å². The Bertz CT molecular complexity index is 581. The summed E-state index contributed by atoms with van der Waals surface area (Å²) in [6.07, 6.45) is 4.58. The first-order valence-electron chi connectivity index (χ1n) is 7.41. The minimum Gasteiger partial charge on any atom is -0.492 e. The fraction of sp³-hybridized carbons (Fsp3) is 0.438. The monoisotopic (exact) mass is 302 g/mol. The summed E-state index contributed by atoms with van der Waals surface area (Å²) in [5, 5.41) is 2.56. The highest BCUT2D eigenvalue weighted by Gasteiger charge is 2.38. The zero-order valence-electron chi connectivity index (χ0n) is 11.8. The van der Waals surface area contributed by atoms with E-state index in [9.17, 15) is 0 Å². The molecule has 2 aromatic rings. The average Bonchev–Trinajstić information content (AvgIpc) is 3.41. The van der Waals surface area contributed by atoms with Crippen molar-refractivity contribution in [3.05, 3.63) is 35.8 Å². The molecule has 1 saturated heterocycles. The van der Waals surface area contributed by atoms with Gasteiger partial charge in [-0.3, -0.25) is 4.90 Å². The molecule has 1 aromatic heterocycles. The van der Waals surface area contributed by atoms with E-state index in [1.165, 1.54) is 37.3 Å². The molecule has 1 aliphatic carbocycles. The van der Waals surface area contributed by atoms with Crippen molar-refractivity contribution >= 4 is 11.3 Å². The van der Waals surface area contributed by atoms with Crippen molar-refractivity contribution in [1.82, 2.24) is 9.88 Å². The van der Waals surface area contributed by atoms with Gasteiger partial charge in [0.2, 0.25) is 0 Å². The smallest absolute Gasteiger partial charge is 0.278 e. The number of benzene rings is 1. The van der Waals surface area contributed by atoms with Gasteiger partial charge >= 0.3 is 0 Å². The summed E-state index contributed by atoms with van der Waals surface area (Å²) in [6, 6.07) is 8.38. The molecule has 2 atom stereocenters. The molecule has 2 fully saturated rings. The Morgan fingerprint density at radius 2 is 2.00 bits per heavy atom. The summed E-state index contributed by atoms with van der Waals surface area (Å²) in [6.45, 7) is 3.26. The van der Waals surface area contributed by atoms with Gasteiger partial charge in [0, 0.05) is 24.7 Å². The molecule has 0 radical (unpaired) electrons. The lowest BCUT2D eigenvalue weighted by atomic mass is 10.3. The van der Waals surface area contributed by atoms with Crippen molar-refractivity contribution in [2.24, 2.45) is 5.92 Å². The Morgan fingerprint density at radius 1 is 1.19 bits per heavy atom. The Hall–Kier alpha value is -1.59. The van der Waals surface area contributed by atoms with E-state index >= 15 is 0 Å². The predicted molar refractivity (Wildman–Crippen MR) is 82.2 cm³/mol. The van der Waals surface area contributed by atoms with Gasteiger partial charge in [0.15, 0.2) is 0 Å². The van der Waals surface area contributed by atoms with Crippen LogP contribution in [-0.4, -0.2) is 35.6 Å². The second-order valence-electron chi connectivity index (χ2n) is 5.73. The maximum Gasteiger partial charge on any atom is 0.278 e. The predicted octanol–water partition coefficient (Wildman–Crippen LogP) is 3.41. The topological polar surface area (TPSA) is 34.4 Å². The van der Waals surface area contributed by atoms with Gasteiger partial charge in [0.1, 0.15) is 18.1 Å². The van der Waals surface area contributed by atoms with Crippen LogP contribution < -0.4 is 9.47 Å². The molecule has 2 heterocycles. The largest absolute Gasteiger partial charge is 0.492 e. The Labute approximate surface area is 128 Å². The third-order valence-corrected chi connectivity index (χ3v) is 4.55. The first-order chi connectivity index (χ1) is 10.4. The number of hydrogen-bond donors (Lipinski definition) is 0. The lowest BCUT2D eigenvalue weighted by molar-refractivity contribution is 0.291. The third-order valence-electron chi connectivity index (χ3n) is 3.90. The molecule has 0 amide bonds. The van der Waals surface area contributed by atoms with Crippen LogP contribution in [0, 0.1) is 5.92 Å². The van der Waals surface area contributed by atoms with E-state index in [0.29, 0.717) is 11.2 Å². The van der Waals surface area contributed by atoms with E-state index in [-0.39, 0.29) is 0 Å². The number of rotatable bonds is 7. The fourth-order valence-electron chi connectivity index (χ4n) is 2.40. The SMILES string of the molecule is c1csc(Oc2ccc(OCC3CN3CC3CC3)cc2)n1. The van der Waals surface area contributed by atoms with E-state index in [1.807, 2.05) is 29.6 Å². The average molecular weight is 302 g/mol. The molecule has 0 spiro atoms. The van der Waals surface area contributed by atoms with Gasteiger partial charge in [-0.25, -0.2) is 4.98 Å². The lowest BCUT2D eigenvalue weighted by Gasteiger charge is -2.07. The summed E-state index contributed by atoms with van der Waals surface area (Å²) >= 11 is 1.48. The van der Waals surface area contributed by atoms with Crippen molar-refractivity contribution in [1.29, 1.82) is 0 Å². The first-order valence-corrected chi connectivity index (χ1v) is 8.29. The number of aromatic nitrogens is 1. The highest BCUT2D eigenvalue weighted by molar-refractivity contribution is 7.11. The second kappa shape index (κ2) is 5.66. The zero-order chi connectivity index (χ0) is 14.1. The van der Waals surface area contributed by atoms with Crippen molar-refractivity contribution in [3.8, 4) is 16.7 Å². The number of hydrogen-bond acceptors (Lipinski definition) is 5. The van der Waals surface area contributed by atoms with Crippen molar-refractivity contribution in [2.45, 2.75) is 18.9 Å². The quantitative estimate of drug-likeness (QED) is 0.734. The highest BCUT2D eigenvalue weighted by Crippen LogP contribution is 2.33. The highest BCUT2D eigenvalue weighted by atomic mass is 32.1. The van der Waals surface area contributed by atoms with E-state index in [4.69, 9.17) is 9.47 Å². The molecule has 5 heteroatoms. The number of thiazole rings is 1. The van der Waals surface area contributed by atoms with Gasteiger partial charge in [-0.15, -0.1) is 0 Å². The molecule has 2 unspecified atom stereocenters. The van der Waals surface area contributed by atoms with Crippen LogP contribution in [0.2, 0.25) is 0 Å². The van der Waals surface area contributed by atoms with Crippen LogP contribution in [0.1, 0.15) is 12.8 Å². The molecule has 110 valence electrons. The minimum atomic E-state index is 0.622. The summed E-state index contributed by atoms with van der Waals surface area (Å²) < 4.78 is 11.5. The molecule has 4 nitrogen and oxygen atoms in total. The lowest BCUT2D eigenvalue weighted by Crippen LogP contribution is -2.12. The van der Waals surface area contributed by atoms with Gasteiger partial charge < -0.3 is 9.47 Å². The molecule has 4 rings (SSSR count). The number of nitrogens with zero attached hydrogens (tertiary/aromatic N) is 2. The molecule has 1 saturated carbocycles. The standard InChI is InChI=1S/C16H18N2O2S/c1-2-12(1)9-18-10-13(18)11-19-14-3-5-15(6-4-14)20-16-17-7-8-21-16/h3-8,12-13H,1-2,9-11H2. The fourth-order valence-corrected chi connectivity index (χ4v) is 2.90. The minimum absolute atomic E-state index is 0.622.